The van der Waals surface area contributed by atoms with Gasteiger partial charge in [0, 0.05) is 5.41 Å². The quantitative estimate of drug-likeness (QED) is 0.674. The monoisotopic (exact) mass is 292 g/mol. The second kappa shape index (κ2) is 7.64. The van der Waals surface area contributed by atoms with Crippen LogP contribution in [0.5, 0.6) is 5.75 Å². The molecule has 0 unspecified atom stereocenters. The Morgan fingerprint density at radius 2 is 1.52 bits per heavy atom. The molecule has 104 valence electrons. The third-order valence-corrected chi connectivity index (χ3v) is 3.43. The first kappa shape index (κ1) is 17.8. The van der Waals surface area contributed by atoms with Gasteiger partial charge in [0.05, 0.1) is 5.97 Å². The molecule has 0 aromatic heterocycles. The van der Waals surface area contributed by atoms with E-state index in [-0.39, 0.29) is 35.0 Å². The average molecular weight is 292 g/mol. The Bertz CT molecular complexity index is 577. The van der Waals surface area contributed by atoms with Crippen LogP contribution < -0.4 is 39.4 Å². The summed E-state index contributed by atoms with van der Waals surface area (Å²) in [6.07, 6.45) is 0. The number of carbonyl (C=O) groups is 1. The fraction of sp³-hybridized carbons (Fsp3) is 0.235. The van der Waals surface area contributed by atoms with E-state index in [9.17, 15) is 9.90 Å². The fourth-order valence-electron chi connectivity index (χ4n) is 2.13. The van der Waals surface area contributed by atoms with E-state index in [0.717, 1.165) is 5.56 Å². The predicted octanol–water partition coefficient (Wildman–Crippen LogP) is -0.855. The maximum Gasteiger partial charge on any atom is 1.00 e. The first-order chi connectivity index (χ1) is 9.50. The number of hydrogen-bond donors (Lipinski definition) is 0. The van der Waals surface area contributed by atoms with E-state index in [1.54, 1.807) is 12.1 Å². The van der Waals surface area contributed by atoms with Crippen molar-refractivity contribution in [1.29, 1.82) is 0 Å². The zero-order valence-corrected chi connectivity index (χ0v) is 14.6. The molecule has 0 bridgehead atoms. The predicted molar refractivity (Wildman–Crippen MR) is 75.5 cm³/mol. The van der Waals surface area contributed by atoms with Crippen molar-refractivity contribution in [3.8, 4) is 5.75 Å². The maximum atomic E-state index is 10.3. The van der Waals surface area contributed by atoms with E-state index in [2.05, 4.69) is 26.0 Å². The molecule has 0 aliphatic carbocycles. The molecular weight excluding hydrogens is 275 g/mol. The van der Waals surface area contributed by atoms with Gasteiger partial charge in [-0.3, -0.25) is 0 Å². The smallest absolute Gasteiger partial charge is 0.546 e. The van der Waals surface area contributed by atoms with E-state index in [1.165, 1.54) is 5.56 Å². The first-order valence-electron chi connectivity index (χ1n) is 6.49. The SMILES string of the molecule is CC(C)(c1ccccc1)c1ccc(OCC(=O)[O-])cc1.[Na+]. The van der Waals surface area contributed by atoms with E-state index >= 15 is 0 Å². The average Bonchev–Trinajstić information content (AvgIpc) is 2.46. The van der Waals surface area contributed by atoms with Crippen LogP contribution in [0.1, 0.15) is 25.0 Å². The van der Waals surface area contributed by atoms with Gasteiger partial charge in [-0.25, -0.2) is 0 Å². The summed E-state index contributed by atoms with van der Waals surface area (Å²) in [6, 6.07) is 17.7. The van der Waals surface area contributed by atoms with Crippen molar-refractivity contribution in [2.45, 2.75) is 19.3 Å². The van der Waals surface area contributed by atoms with Gasteiger partial charge in [-0.05, 0) is 23.3 Å². The van der Waals surface area contributed by atoms with Crippen molar-refractivity contribution < 1.29 is 44.2 Å². The molecule has 0 spiro atoms. The largest absolute Gasteiger partial charge is 1.00 e. The second-order valence-corrected chi connectivity index (χ2v) is 5.18. The third kappa shape index (κ3) is 4.60. The van der Waals surface area contributed by atoms with E-state index in [4.69, 9.17) is 4.74 Å². The third-order valence-electron chi connectivity index (χ3n) is 3.43. The van der Waals surface area contributed by atoms with E-state index in [0.29, 0.717) is 5.75 Å². The molecule has 0 aliphatic rings. The number of rotatable bonds is 5. The summed E-state index contributed by atoms with van der Waals surface area (Å²) in [6.45, 7) is 3.88. The van der Waals surface area contributed by atoms with Gasteiger partial charge >= 0.3 is 29.6 Å². The van der Waals surface area contributed by atoms with Crippen LogP contribution in [0.2, 0.25) is 0 Å². The van der Waals surface area contributed by atoms with Gasteiger partial charge in [0.2, 0.25) is 0 Å². The molecule has 3 nitrogen and oxygen atoms in total. The second-order valence-electron chi connectivity index (χ2n) is 5.18. The Balaban J connectivity index is 0.00000220. The van der Waals surface area contributed by atoms with Gasteiger partial charge in [-0.1, -0.05) is 56.3 Å². The minimum absolute atomic E-state index is 0. The molecule has 21 heavy (non-hydrogen) atoms. The molecule has 0 atom stereocenters. The minimum atomic E-state index is -1.22. The van der Waals surface area contributed by atoms with Crippen molar-refractivity contribution in [3.05, 3.63) is 65.7 Å². The fourth-order valence-corrected chi connectivity index (χ4v) is 2.13. The van der Waals surface area contributed by atoms with Gasteiger partial charge in [0.15, 0.2) is 0 Å². The molecular formula is C17H17NaO3. The van der Waals surface area contributed by atoms with Gasteiger partial charge in [-0.15, -0.1) is 0 Å². The zero-order chi connectivity index (χ0) is 14.6. The van der Waals surface area contributed by atoms with Gasteiger partial charge in [0.1, 0.15) is 12.4 Å². The van der Waals surface area contributed by atoms with Crippen molar-refractivity contribution in [2.75, 3.05) is 6.61 Å². The maximum absolute atomic E-state index is 10.3. The molecule has 0 radical (unpaired) electrons. The number of aliphatic carboxylic acids is 1. The Morgan fingerprint density at radius 1 is 1.00 bits per heavy atom. The molecule has 0 saturated carbocycles. The van der Waals surface area contributed by atoms with Crippen molar-refractivity contribution in [2.24, 2.45) is 0 Å². The van der Waals surface area contributed by atoms with E-state index < -0.39 is 12.6 Å². The van der Waals surface area contributed by atoms with Crippen LogP contribution in [-0.2, 0) is 10.2 Å². The molecule has 2 aromatic carbocycles. The molecule has 4 heteroatoms. The Labute approximate surface area is 147 Å². The van der Waals surface area contributed by atoms with Gasteiger partial charge in [0.25, 0.3) is 0 Å². The van der Waals surface area contributed by atoms with E-state index in [1.807, 2.05) is 30.3 Å². The zero-order valence-electron chi connectivity index (χ0n) is 12.6. The molecule has 0 heterocycles. The van der Waals surface area contributed by atoms with Crippen LogP contribution in [0, 0.1) is 0 Å². The van der Waals surface area contributed by atoms with Crippen molar-refractivity contribution in [3.63, 3.8) is 0 Å². The normalized spacial score (nSPS) is 10.6. The molecule has 0 saturated heterocycles. The Kier molecular flexibility index (Phi) is 6.46. The standard InChI is InChI=1S/C17H18O3.Na/c1-17(2,13-6-4-3-5-7-13)14-8-10-15(11-9-14)20-12-16(18)19;/h3-11H,12H2,1-2H3,(H,18,19);/q;+1/p-1. The molecule has 0 fully saturated rings. The number of benzene rings is 2. The molecule has 2 aromatic rings. The number of ether oxygens (including phenoxy) is 1. The molecule has 0 amide bonds. The van der Waals surface area contributed by atoms with Crippen LogP contribution in [0.15, 0.2) is 54.6 Å². The van der Waals surface area contributed by atoms with Crippen LogP contribution >= 0.6 is 0 Å². The van der Waals surface area contributed by atoms with Gasteiger partial charge in [-0.2, -0.15) is 0 Å². The summed E-state index contributed by atoms with van der Waals surface area (Å²) in [7, 11) is 0. The Hall–Kier alpha value is -1.29. The number of carboxylic acids is 1. The molecule has 0 N–H and O–H groups in total. The van der Waals surface area contributed by atoms with Crippen molar-refractivity contribution >= 4 is 5.97 Å². The van der Waals surface area contributed by atoms with Crippen LogP contribution in [-0.4, -0.2) is 12.6 Å². The summed E-state index contributed by atoms with van der Waals surface area (Å²) >= 11 is 0. The summed E-state index contributed by atoms with van der Waals surface area (Å²) in [5.41, 5.74) is 2.25. The van der Waals surface area contributed by atoms with Crippen LogP contribution in [0.4, 0.5) is 0 Å². The van der Waals surface area contributed by atoms with Crippen LogP contribution in [0.25, 0.3) is 0 Å². The first-order valence-corrected chi connectivity index (χ1v) is 6.49. The topological polar surface area (TPSA) is 49.4 Å². The molecule has 2 rings (SSSR count). The van der Waals surface area contributed by atoms with Gasteiger partial charge < -0.3 is 14.6 Å². The summed E-state index contributed by atoms with van der Waals surface area (Å²) < 4.78 is 5.08. The summed E-state index contributed by atoms with van der Waals surface area (Å²) in [5.74, 6) is -0.694. The number of carboxylic acid groups (broad SMARTS) is 1. The van der Waals surface area contributed by atoms with Crippen LogP contribution in [0.3, 0.4) is 0 Å². The van der Waals surface area contributed by atoms with Crippen molar-refractivity contribution in [1.82, 2.24) is 0 Å². The summed E-state index contributed by atoms with van der Waals surface area (Å²) in [5, 5.41) is 10.3. The molecule has 0 aliphatic heterocycles. The number of carbonyl (C=O) groups excluding carboxylic acids is 1. The Morgan fingerprint density at radius 3 is 2.05 bits per heavy atom. The minimum Gasteiger partial charge on any atom is -0.546 e. The summed E-state index contributed by atoms with van der Waals surface area (Å²) in [4.78, 5) is 10.3. The number of hydrogen-bond acceptors (Lipinski definition) is 3.